The lowest BCUT2D eigenvalue weighted by Crippen LogP contribution is -2.16. The van der Waals surface area contributed by atoms with Crippen LogP contribution in [0.4, 0.5) is 4.39 Å². The second-order valence-corrected chi connectivity index (χ2v) is 5.55. The summed E-state index contributed by atoms with van der Waals surface area (Å²) in [6.45, 7) is 1.11. The second-order valence-electron chi connectivity index (χ2n) is 5.14. The van der Waals surface area contributed by atoms with Crippen LogP contribution in [0.15, 0.2) is 36.4 Å². The van der Waals surface area contributed by atoms with Crippen molar-refractivity contribution in [3.8, 4) is 5.75 Å². The van der Waals surface area contributed by atoms with Gasteiger partial charge in [0, 0.05) is 18.7 Å². The summed E-state index contributed by atoms with van der Waals surface area (Å²) in [4.78, 5) is 4.53. The van der Waals surface area contributed by atoms with Crippen molar-refractivity contribution in [3.05, 3.63) is 58.6 Å². The van der Waals surface area contributed by atoms with E-state index in [1.54, 1.807) is 6.07 Å². The molecule has 0 bridgehead atoms. The van der Waals surface area contributed by atoms with E-state index < -0.39 is 5.82 Å². The van der Waals surface area contributed by atoms with E-state index in [1.807, 2.05) is 18.2 Å². The molecule has 1 aliphatic carbocycles. The van der Waals surface area contributed by atoms with E-state index in [1.165, 1.54) is 25.0 Å². The molecule has 1 aliphatic rings. The van der Waals surface area contributed by atoms with Crippen molar-refractivity contribution in [3.63, 3.8) is 0 Å². The van der Waals surface area contributed by atoms with Gasteiger partial charge in [-0.05, 0) is 37.1 Å². The van der Waals surface area contributed by atoms with Gasteiger partial charge in [-0.2, -0.15) is 0 Å². The fourth-order valence-electron chi connectivity index (χ4n) is 1.97. The van der Waals surface area contributed by atoms with Gasteiger partial charge in [0.15, 0.2) is 0 Å². The summed E-state index contributed by atoms with van der Waals surface area (Å²) in [5.74, 6) is 0.0833. The van der Waals surface area contributed by atoms with Crippen molar-refractivity contribution >= 4 is 11.6 Å². The first-order valence-electron chi connectivity index (χ1n) is 6.97. The standard InChI is InChI=1S/C16H16ClFN2O/c17-15-8-14(6-7-16(15)18)21-10-13-3-1-2-12(20-13)9-19-11-4-5-11/h1-3,6-8,11,19H,4-5,9-10H2. The average Bonchev–Trinajstić information content (AvgIpc) is 3.31. The first-order chi connectivity index (χ1) is 10.2. The van der Waals surface area contributed by atoms with Gasteiger partial charge in [-0.1, -0.05) is 17.7 Å². The van der Waals surface area contributed by atoms with Crippen molar-refractivity contribution in [1.29, 1.82) is 0 Å². The summed E-state index contributed by atoms with van der Waals surface area (Å²) < 4.78 is 18.6. The fraction of sp³-hybridized carbons (Fsp3) is 0.312. The Bertz CT molecular complexity index is 631. The number of nitrogens with zero attached hydrogens (tertiary/aromatic N) is 1. The Morgan fingerprint density at radius 2 is 2.05 bits per heavy atom. The van der Waals surface area contributed by atoms with E-state index in [-0.39, 0.29) is 5.02 Å². The van der Waals surface area contributed by atoms with Gasteiger partial charge in [-0.3, -0.25) is 4.98 Å². The monoisotopic (exact) mass is 306 g/mol. The Morgan fingerprint density at radius 3 is 2.81 bits per heavy atom. The quantitative estimate of drug-likeness (QED) is 0.883. The predicted molar refractivity (Wildman–Crippen MR) is 79.8 cm³/mol. The number of pyridine rings is 1. The molecule has 0 spiro atoms. The number of halogens is 2. The lowest BCUT2D eigenvalue weighted by Gasteiger charge is -2.08. The molecule has 0 radical (unpaired) electrons. The topological polar surface area (TPSA) is 34.1 Å². The maximum atomic E-state index is 13.1. The van der Waals surface area contributed by atoms with Crippen molar-refractivity contribution in [1.82, 2.24) is 10.3 Å². The molecule has 0 unspecified atom stereocenters. The normalized spacial score (nSPS) is 14.2. The third-order valence-corrected chi connectivity index (χ3v) is 3.58. The van der Waals surface area contributed by atoms with E-state index in [4.69, 9.17) is 16.3 Å². The van der Waals surface area contributed by atoms with Gasteiger partial charge in [0.2, 0.25) is 0 Å². The molecule has 0 aliphatic heterocycles. The minimum Gasteiger partial charge on any atom is -0.487 e. The van der Waals surface area contributed by atoms with E-state index in [2.05, 4.69) is 10.3 Å². The van der Waals surface area contributed by atoms with Crippen LogP contribution in [-0.2, 0) is 13.2 Å². The Labute approximate surface area is 128 Å². The molecule has 21 heavy (non-hydrogen) atoms. The average molecular weight is 307 g/mol. The van der Waals surface area contributed by atoms with Gasteiger partial charge in [-0.25, -0.2) is 4.39 Å². The van der Waals surface area contributed by atoms with Crippen molar-refractivity contribution < 1.29 is 9.13 Å². The number of aromatic nitrogens is 1. The fourth-order valence-corrected chi connectivity index (χ4v) is 2.14. The Kier molecular flexibility index (Phi) is 4.36. The molecule has 1 N–H and O–H groups in total. The van der Waals surface area contributed by atoms with Crippen LogP contribution in [0.25, 0.3) is 0 Å². The first-order valence-corrected chi connectivity index (χ1v) is 7.34. The van der Waals surface area contributed by atoms with E-state index in [9.17, 15) is 4.39 Å². The van der Waals surface area contributed by atoms with Crippen LogP contribution < -0.4 is 10.1 Å². The molecule has 0 atom stereocenters. The van der Waals surface area contributed by atoms with Crippen molar-refractivity contribution in [2.24, 2.45) is 0 Å². The zero-order valence-electron chi connectivity index (χ0n) is 11.5. The Hall–Kier alpha value is -1.65. The van der Waals surface area contributed by atoms with Crippen LogP contribution >= 0.6 is 11.6 Å². The van der Waals surface area contributed by atoms with Crippen molar-refractivity contribution in [2.75, 3.05) is 0 Å². The predicted octanol–water partition coefficient (Wildman–Crippen LogP) is 3.71. The third-order valence-electron chi connectivity index (χ3n) is 3.29. The smallest absolute Gasteiger partial charge is 0.142 e. The zero-order chi connectivity index (χ0) is 14.7. The highest BCUT2D eigenvalue weighted by Gasteiger charge is 2.20. The van der Waals surface area contributed by atoms with E-state index in [0.717, 1.165) is 17.9 Å². The van der Waals surface area contributed by atoms with E-state index >= 15 is 0 Å². The van der Waals surface area contributed by atoms with Crippen LogP contribution in [0.2, 0.25) is 5.02 Å². The molecule has 1 fully saturated rings. The summed E-state index contributed by atoms with van der Waals surface area (Å²) in [6.07, 6.45) is 2.52. The molecule has 5 heteroatoms. The van der Waals surface area contributed by atoms with Gasteiger partial charge in [-0.15, -0.1) is 0 Å². The first kappa shape index (κ1) is 14.3. The second kappa shape index (κ2) is 6.41. The Morgan fingerprint density at radius 1 is 1.24 bits per heavy atom. The van der Waals surface area contributed by atoms with Gasteiger partial charge < -0.3 is 10.1 Å². The molecule has 1 aromatic heterocycles. The largest absolute Gasteiger partial charge is 0.487 e. The summed E-state index contributed by atoms with van der Waals surface area (Å²) in [7, 11) is 0. The minimum atomic E-state index is -0.449. The summed E-state index contributed by atoms with van der Waals surface area (Å²) >= 11 is 5.72. The molecule has 1 aromatic carbocycles. The summed E-state index contributed by atoms with van der Waals surface area (Å²) in [6, 6.07) is 10.8. The Balaban J connectivity index is 1.58. The molecule has 2 aromatic rings. The molecule has 3 nitrogen and oxygen atoms in total. The van der Waals surface area contributed by atoms with Gasteiger partial charge in [0.25, 0.3) is 0 Å². The van der Waals surface area contributed by atoms with Crippen LogP contribution in [0.5, 0.6) is 5.75 Å². The van der Waals surface area contributed by atoms with E-state index in [0.29, 0.717) is 18.4 Å². The number of hydrogen-bond donors (Lipinski definition) is 1. The zero-order valence-corrected chi connectivity index (χ0v) is 12.2. The molecule has 110 valence electrons. The highest BCUT2D eigenvalue weighted by Crippen LogP contribution is 2.22. The molecule has 0 saturated heterocycles. The molecule has 3 rings (SSSR count). The molecular weight excluding hydrogens is 291 g/mol. The number of benzene rings is 1. The molecular formula is C16H16ClFN2O. The van der Waals surface area contributed by atoms with Crippen LogP contribution in [-0.4, -0.2) is 11.0 Å². The maximum absolute atomic E-state index is 13.1. The maximum Gasteiger partial charge on any atom is 0.142 e. The third kappa shape index (κ3) is 4.16. The van der Waals surface area contributed by atoms with Gasteiger partial charge >= 0.3 is 0 Å². The molecule has 0 amide bonds. The highest BCUT2D eigenvalue weighted by molar-refractivity contribution is 6.30. The molecule has 1 saturated carbocycles. The lowest BCUT2D eigenvalue weighted by atomic mass is 10.3. The van der Waals surface area contributed by atoms with Gasteiger partial charge in [0.1, 0.15) is 18.2 Å². The van der Waals surface area contributed by atoms with Crippen LogP contribution in [0.3, 0.4) is 0 Å². The summed E-state index contributed by atoms with van der Waals surface area (Å²) in [5, 5.41) is 3.48. The highest BCUT2D eigenvalue weighted by atomic mass is 35.5. The minimum absolute atomic E-state index is 0.0582. The summed E-state index contributed by atoms with van der Waals surface area (Å²) in [5.41, 5.74) is 1.84. The number of ether oxygens (including phenoxy) is 1. The number of nitrogens with one attached hydrogen (secondary N) is 1. The SMILES string of the molecule is Fc1ccc(OCc2cccc(CNC3CC3)n2)cc1Cl. The number of hydrogen-bond acceptors (Lipinski definition) is 3. The number of rotatable bonds is 6. The van der Waals surface area contributed by atoms with Gasteiger partial charge in [0.05, 0.1) is 16.4 Å². The lowest BCUT2D eigenvalue weighted by molar-refractivity contribution is 0.300. The molecule has 1 heterocycles. The van der Waals surface area contributed by atoms with Crippen LogP contribution in [0, 0.1) is 5.82 Å². The van der Waals surface area contributed by atoms with Crippen LogP contribution in [0.1, 0.15) is 24.2 Å². The van der Waals surface area contributed by atoms with Crippen molar-refractivity contribution in [2.45, 2.75) is 32.0 Å².